The van der Waals surface area contributed by atoms with Gasteiger partial charge in [0.1, 0.15) is 12.1 Å². The molecule has 186 valence electrons. The Morgan fingerprint density at radius 2 is 1.67 bits per heavy atom. The summed E-state index contributed by atoms with van der Waals surface area (Å²) in [5.74, 6) is -0.799. The molecule has 1 aliphatic heterocycles. The molecule has 7 heteroatoms. The van der Waals surface area contributed by atoms with Crippen LogP contribution in [0.15, 0.2) is 78.9 Å². The van der Waals surface area contributed by atoms with Crippen LogP contribution in [0.5, 0.6) is 0 Å². The minimum absolute atomic E-state index is 0.190. The fraction of sp³-hybridized carbons (Fsp3) is 0.276. The highest BCUT2D eigenvalue weighted by Gasteiger charge is 2.38. The molecule has 2 atom stereocenters. The number of benzene rings is 3. The van der Waals surface area contributed by atoms with Gasteiger partial charge in [0, 0.05) is 23.7 Å². The third-order valence-electron chi connectivity index (χ3n) is 6.53. The summed E-state index contributed by atoms with van der Waals surface area (Å²) in [4.78, 5) is 41.5. The summed E-state index contributed by atoms with van der Waals surface area (Å²) in [6, 6.07) is 22.5. The third kappa shape index (κ3) is 5.94. The highest BCUT2D eigenvalue weighted by molar-refractivity contribution is 6.31. The number of hydrogen-bond acceptors (Lipinski definition) is 3. The standard InChI is InChI=1S/C29H30ClN3O3/c1-20-10-5-7-14-23(20)27(34)32-26(22-12-3-2-4-13-22)29(36)33-19-9-16-25(33)28(35)31-18-17-21-11-6-8-15-24(21)30/h2-8,10-15,25-26H,9,16-19H2,1H3,(H,31,35)(H,32,34)/t25-,26-/m0/s1. The highest BCUT2D eigenvalue weighted by Crippen LogP contribution is 2.25. The zero-order chi connectivity index (χ0) is 25.5. The second kappa shape index (κ2) is 11.9. The highest BCUT2D eigenvalue weighted by atomic mass is 35.5. The summed E-state index contributed by atoms with van der Waals surface area (Å²) in [5, 5.41) is 6.55. The Hall–Kier alpha value is -3.64. The average molecular weight is 504 g/mol. The molecular weight excluding hydrogens is 474 g/mol. The molecule has 1 heterocycles. The van der Waals surface area contributed by atoms with Gasteiger partial charge in [-0.1, -0.05) is 78.3 Å². The number of hydrogen-bond donors (Lipinski definition) is 2. The fourth-order valence-corrected chi connectivity index (χ4v) is 4.81. The van der Waals surface area contributed by atoms with Crippen LogP contribution < -0.4 is 10.6 Å². The molecule has 0 aliphatic carbocycles. The van der Waals surface area contributed by atoms with E-state index in [0.717, 1.165) is 17.5 Å². The van der Waals surface area contributed by atoms with Crippen LogP contribution in [0.1, 0.15) is 45.9 Å². The quantitative estimate of drug-likeness (QED) is 0.476. The number of aryl methyl sites for hydroxylation is 1. The number of rotatable bonds is 8. The van der Waals surface area contributed by atoms with Crippen LogP contribution >= 0.6 is 11.6 Å². The van der Waals surface area contributed by atoms with E-state index in [1.807, 2.05) is 73.7 Å². The van der Waals surface area contributed by atoms with Gasteiger partial charge in [-0.05, 0) is 55.0 Å². The van der Waals surface area contributed by atoms with Gasteiger partial charge in [0.2, 0.25) is 11.8 Å². The monoisotopic (exact) mass is 503 g/mol. The van der Waals surface area contributed by atoms with Crippen molar-refractivity contribution in [1.82, 2.24) is 15.5 Å². The van der Waals surface area contributed by atoms with Crippen molar-refractivity contribution in [3.05, 3.63) is 106 Å². The number of carbonyl (C=O) groups excluding carboxylic acids is 3. The Morgan fingerprint density at radius 3 is 2.42 bits per heavy atom. The van der Waals surface area contributed by atoms with Crippen molar-refractivity contribution in [2.45, 2.75) is 38.3 Å². The van der Waals surface area contributed by atoms with Gasteiger partial charge < -0.3 is 15.5 Å². The SMILES string of the molecule is Cc1ccccc1C(=O)N[C@H](C(=O)N1CCC[C@H]1C(=O)NCCc1ccccc1Cl)c1ccccc1. The van der Waals surface area contributed by atoms with Crippen molar-refractivity contribution in [2.75, 3.05) is 13.1 Å². The summed E-state index contributed by atoms with van der Waals surface area (Å²) in [7, 11) is 0. The normalized spacial score (nSPS) is 15.8. The first kappa shape index (κ1) is 25.5. The molecule has 3 aromatic carbocycles. The van der Waals surface area contributed by atoms with E-state index in [9.17, 15) is 14.4 Å². The van der Waals surface area contributed by atoms with Crippen LogP contribution in [0.2, 0.25) is 5.02 Å². The number of likely N-dealkylation sites (tertiary alicyclic amines) is 1. The molecule has 0 aromatic heterocycles. The van der Waals surface area contributed by atoms with Crippen LogP contribution in [0.3, 0.4) is 0 Å². The summed E-state index contributed by atoms with van der Waals surface area (Å²) >= 11 is 6.22. The van der Waals surface area contributed by atoms with Crippen LogP contribution in [-0.2, 0) is 16.0 Å². The van der Waals surface area contributed by atoms with Crippen LogP contribution in [0.4, 0.5) is 0 Å². The predicted octanol–water partition coefficient (Wildman–Crippen LogP) is 4.47. The molecule has 0 spiro atoms. The maximum atomic E-state index is 13.8. The Labute approximate surface area is 216 Å². The Morgan fingerprint density at radius 1 is 0.972 bits per heavy atom. The van der Waals surface area contributed by atoms with Gasteiger partial charge in [0.15, 0.2) is 0 Å². The first-order valence-corrected chi connectivity index (χ1v) is 12.6. The van der Waals surface area contributed by atoms with E-state index >= 15 is 0 Å². The number of halogens is 1. The number of nitrogens with one attached hydrogen (secondary N) is 2. The molecule has 1 aliphatic rings. The van der Waals surface area contributed by atoms with Gasteiger partial charge in [0.05, 0.1) is 0 Å². The summed E-state index contributed by atoms with van der Waals surface area (Å²) in [5.41, 5.74) is 2.98. The van der Waals surface area contributed by atoms with Gasteiger partial charge in [-0.3, -0.25) is 14.4 Å². The summed E-state index contributed by atoms with van der Waals surface area (Å²) in [6.45, 7) is 2.75. The maximum absolute atomic E-state index is 13.8. The second-order valence-electron chi connectivity index (χ2n) is 8.95. The van der Waals surface area contributed by atoms with E-state index in [2.05, 4.69) is 10.6 Å². The Kier molecular flexibility index (Phi) is 8.39. The van der Waals surface area contributed by atoms with Gasteiger partial charge in [-0.15, -0.1) is 0 Å². The lowest BCUT2D eigenvalue weighted by molar-refractivity contribution is -0.140. The van der Waals surface area contributed by atoms with Crippen molar-refractivity contribution >= 4 is 29.3 Å². The van der Waals surface area contributed by atoms with Crippen LogP contribution in [0, 0.1) is 6.92 Å². The van der Waals surface area contributed by atoms with Crippen molar-refractivity contribution in [1.29, 1.82) is 0 Å². The van der Waals surface area contributed by atoms with Crippen molar-refractivity contribution in [3.63, 3.8) is 0 Å². The molecule has 0 bridgehead atoms. The molecule has 0 saturated carbocycles. The second-order valence-corrected chi connectivity index (χ2v) is 9.36. The molecule has 1 saturated heterocycles. The third-order valence-corrected chi connectivity index (χ3v) is 6.90. The van der Waals surface area contributed by atoms with Gasteiger partial charge >= 0.3 is 0 Å². The lowest BCUT2D eigenvalue weighted by Gasteiger charge is -2.29. The molecule has 3 aromatic rings. The zero-order valence-electron chi connectivity index (χ0n) is 20.2. The molecule has 0 radical (unpaired) electrons. The Bertz CT molecular complexity index is 1230. The molecule has 2 N–H and O–H groups in total. The minimum atomic E-state index is -0.894. The first-order chi connectivity index (χ1) is 17.5. The number of nitrogens with zero attached hydrogens (tertiary/aromatic N) is 1. The van der Waals surface area contributed by atoms with Crippen molar-refractivity contribution < 1.29 is 14.4 Å². The maximum Gasteiger partial charge on any atom is 0.252 e. The minimum Gasteiger partial charge on any atom is -0.354 e. The molecule has 36 heavy (non-hydrogen) atoms. The van der Waals surface area contributed by atoms with Gasteiger partial charge in [0.25, 0.3) is 5.91 Å². The Balaban J connectivity index is 1.47. The molecule has 3 amide bonds. The molecular formula is C29H30ClN3O3. The van der Waals surface area contributed by atoms with E-state index in [1.165, 1.54) is 0 Å². The molecule has 6 nitrogen and oxygen atoms in total. The zero-order valence-corrected chi connectivity index (χ0v) is 21.0. The lowest BCUT2D eigenvalue weighted by Crippen LogP contribution is -2.50. The van der Waals surface area contributed by atoms with E-state index in [-0.39, 0.29) is 17.7 Å². The average Bonchev–Trinajstić information content (AvgIpc) is 3.39. The van der Waals surface area contributed by atoms with Crippen molar-refractivity contribution in [2.24, 2.45) is 0 Å². The van der Waals surface area contributed by atoms with E-state index < -0.39 is 12.1 Å². The molecule has 0 unspecified atom stereocenters. The summed E-state index contributed by atoms with van der Waals surface area (Å²) < 4.78 is 0. The molecule has 4 rings (SSSR count). The van der Waals surface area contributed by atoms with E-state index in [0.29, 0.717) is 42.1 Å². The molecule has 1 fully saturated rings. The summed E-state index contributed by atoms with van der Waals surface area (Å²) in [6.07, 6.45) is 1.91. The van der Waals surface area contributed by atoms with Gasteiger partial charge in [-0.25, -0.2) is 0 Å². The fourth-order valence-electron chi connectivity index (χ4n) is 4.58. The number of carbonyl (C=O) groups is 3. The first-order valence-electron chi connectivity index (χ1n) is 12.2. The van der Waals surface area contributed by atoms with Crippen LogP contribution in [0.25, 0.3) is 0 Å². The predicted molar refractivity (Wildman–Crippen MR) is 141 cm³/mol. The van der Waals surface area contributed by atoms with E-state index in [1.54, 1.807) is 17.0 Å². The van der Waals surface area contributed by atoms with Crippen molar-refractivity contribution in [3.8, 4) is 0 Å². The smallest absolute Gasteiger partial charge is 0.252 e. The van der Waals surface area contributed by atoms with Gasteiger partial charge in [-0.2, -0.15) is 0 Å². The number of amides is 3. The topological polar surface area (TPSA) is 78.5 Å². The largest absolute Gasteiger partial charge is 0.354 e. The van der Waals surface area contributed by atoms with E-state index in [4.69, 9.17) is 11.6 Å². The van der Waals surface area contributed by atoms with Crippen LogP contribution in [-0.4, -0.2) is 41.8 Å². The lowest BCUT2D eigenvalue weighted by atomic mass is 10.0.